The Balaban J connectivity index is 2.54. The van der Waals surface area contributed by atoms with Crippen LogP contribution in [0.15, 0.2) is 30.3 Å². The summed E-state index contributed by atoms with van der Waals surface area (Å²) in [6.45, 7) is 12.4. The van der Waals surface area contributed by atoms with E-state index in [9.17, 15) is 0 Å². The van der Waals surface area contributed by atoms with Gasteiger partial charge in [-0.25, -0.2) is 0 Å². The van der Waals surface area contributed by atoms with Crippen molar-refractivity contribution in [3.63, 3.8) is 0 Å². The van der Waals surface area contributed by atoms with E-state index in [-0.39, 0.29) is 5.54 Å². The van der Waals surface area contributed by atoms with E-state index in [0.717, 1.165) is 6.54 Å². The van der Waals surface area contributed by atoms with Crippen LogP contribution < -0.4 is 5.32 Å². The summed E-state index contributed by atoms with van der Waals surface area (Å²) in [6, 6.07) is 10.6. The predicted octanol–water partition coefficient (Wildman–Crippen LogP) is 3.85. The van der Waals surface area contributed by atoms with E-state index in [1.165, 1.54) is 5.56 Å². The quantitative estimate of drug-likeness (QED) is 0.793. The molecule has 1 aromatic rings. The Morgan fingerprint density at radius 3 is 2.12 bits per heavy atom. The number of nitrogens with one attached hydrogen (secondary N) is 1. The summed E-state index contributed by atoms with van der Waals surface area (Å²) < 4.78 is 0. The molecule has 0 amide bonds. The number of hydrogen-bond acceptors (Lipinski definition) is 1. The van der Waals surface area contributed by atoms with Crippen LogP contribution in [0, 0.1) is 11.8 Å². The number of benzene rings is 1. The molecule has 0 aliphatic heterocycles. The van der Waals surface area contributed by atoms with Crippen molar-refractivity contribution in [3.05, 3.63) is 35.9 Å². The molecule has 1 atom stereocenters. The second-order valence-corrected chi connectivity index (χ2v) is 5.59. The minimum absolute atomic E-state index is 0.185. The largest absolute Gasteiger partial charge is 0.307 e. The summed E-state index contributed by atoms with van der Waals surface area (Å²) in [5, 5.41) is 3.66. The first-order valence-electron chi connectivity index (χ1n) is 6.22. The van der Waals surface area contributed by atoms with Crippen molar-refractivity contribution in [3.8, 4) is 0 Å². The van der Waals surface area contributed by atoms with Crippen molar-refractivity contribution in [2.75, 3.05) is 0 Å². The average Bonchev–Trinajstić information content (AvgIpc) is 2.27. The minimum atomic E-state index is 0.185. The molecule has 1 unspecified atom stereocenters. The van der Waals surface area contributed by atoms with Crippen molar-refractivity contribution in [2.45, 2.75) is 46.7 Å². The standard InChI is InChI=1S/C15H25N/c1-12(2)13(3)15(4,5)16-11-14-9-7-6-8-10-14/h6-10,12-13,16H,11H2,1-5H3. The lowest BCUT2D eigenvalue weighted by atomic mass is 9.81. The highest BCUT2D eigenvalue weighted by atomic mass is 15.0. The molecule has 16 heavy (non-hydrogen) atoms. The third-order valence-corrected chi connectivity index (χ3v) is 3.73. The molecule has 0 heterocycles. The van der Waals surface area contributed by atoms with Gasteiger partial charge in [-0.2, -0.15) is 0 Å². The first kappa shape index (κ1) is 13.2. The molecule has 0 aliphatic carbocycles. The first-order chi connectivity index (χ1) is 7.43. The molecular weight excluding hydrogens is 194 g/mol. The smallest absolute Gasteiger partial charge is 0.0210 e. The minimum Gasteiger partial charge on any atom is -0.307 e. The molecule has 0 saturated heterocycles. The van der Waals surface area contributed by atoms with E-state index in [0.29, 0.717) is 11.8 Å². The zero-order valence-corrected chi connectivity index (χ0v) is 11.2. The molecule has 0 saturated carbocycles. The van der Waals surface area contributed by atoms with Crippen LogP contribution in [0.3, 0.4) is 0 Å². The summed E-state index contributed by atoms with van der Waals surface area (Å²) in [6.07, 6.45) is 0. The molecule has 1 aromatic carbocycles. The summed E-state index contributed by atoms with van der Waals surface area (Å²) in [5.74, 6) is 1.37. The summed E-state index contributed by atoms with van der Waals surface area (Å²) in [5.41, 5.74) is 1.54. The molecule has 0 bridgehead atoms. The van der Waals surface area contributed by atoms with Crippen LogP contribution in [0.1, 0.15) is 40.2 Å². The van der Waals surface area contributed by atoms with Crippen LogP contribution in [-0.4, -0.2) is 5.54 Å². The van der Waals surface area contributed by atoms with Crippen LogP contribution in [0.25, 0.3) is 0 Å². The van der Waals surface area contributed by atoms with E-state index in [1.807, 2.05) is 0 Å². The van der Waals surface area contributed by atoms with Gasteiger partial charge in [0, 0.05) is 12.1 Å². The molecule has 0 aliphatic rings. The van der Waals surface area contributed by atoms with E-state index in [2.05, 4.69) is 70.3 Å². The van der Waals surface area contributed by atoms with E-state index < -0.39 is 0 Å². The van der Waals surface area contributed by atoms with Crippen LogP contribution in [0.5, 0.6) is 0 Å². The topological polar surface area (TPSA) is 12.0 Å². The Morgan fingerprint density at radius 1 is 1.06 bits per heavy atom. The van der Waals surface area contributed by atoms with Crippen molar-refractivity contribution >= 4 is 0 Å². The second kappa shape index (κ2) is 5.49. The van der Waals surface area contributed by atoms with Gasteiger partial charge < -0.3 is 5.32 Å². The van der Waals surface area contributed by atoms with Gasteiger partial charge in [0.1, 0.15) is 0 Å². The fourth-order valence-electron chi connectivity index (χ4n) is 1.92. The Labute approximate surface area is 100 Å². The maximum atomic E-state index is 3.66. The Kier molecular flexibility index (Phi) is 4.55. The molecular formula is C15H25N. The second-order valence-electron chi connectivity index (χ2n) is 5.59. The van der Waals surface area contributed by atoms with Gasteiger partial charge in [-0.1, -0.05) is 51.1 Å². The maximum Gasteiger partial charge on any atom is 0.0210 e. The maximum absolute atomic E-state index is 3.66. The highest BCUT2D eigenvalue weighted by Gasteiger charge is 2.27. The van der Waals surface area contributed by atoms with Gasteiger partial charge in [0.25, 0.3) is 0 Å². The average molecular weight is 219 g/mol. The molecule has 1 N–H and O–H groups in total. The Morgan fingerprint density at radius 2 is 1.62 bits per heavy atom. The number of rotatable bonds is 5. The van der Waals surface area contributed by atoms with Gasteiger partial charge >= 0.3 is 0 Å². The molecule has 0 radical (unpaired) electrons. The monoisotopic (exact) mass is 219 g/mol. The van der Waals surface area contributed by atoms with Crippen LogP contribution in [-0.2, 0) is 6.54 Å². The van der Waals surface area contributed by atoms with Crippen LogP contribution in [0.4, 0.5) is 0 Å². The summed E-state index contributed by atoms with van der Waals surface area (Å²) in [4.78, 5) is 0. The van der Waals surface area contributed by atoms with E-state index in [4.69, 9.17) is 0 Å². The summed E-state index contributed by atoms with van der Waals surface area (Å²) in [7, 11) is 0. The molecule has 1 heteroatoms. The van der Waals surface area contributed by atoms with Gasteiger partial charge in [0.2, 0.25) is 0 Å². The fourth-order valence-corrected chi connectivity index (χ4v) is 1.92. The molecule has 1 nitrogen and oxygen atoms in total. The Hall–Kier alpha value is -0.820. The fraction of sp³-hybridized carbons (Fsp3) is 0.600. The lowest BCUT2D eigenvalue weighted by Crippen LogP contribution is -2.46. The van der Waals surface area contributed by atoms with Crippen LogP contribution in [0.2, 0.25) is 0 Å². The van der Waals surface area contributed by atoms with Crippen molar-refractivity contribution in [1.29, 1.82) is 0 Å². The van der Waals surface area contributed by atoms with Gasteiger partial charge in [-0.05, 0) is 31.2 Å². The van der Waals surface area contributed by atoms with Crippen molar-refractivity contribution < 1.29 is 0 Å². The van der Waals surface area contributed by atoms with Crippen molar-refractivity contribution in [2.24, 2.45) is 11.8 Å². The lowest BCUT2D eigenvalue weighted by molar-refractivity contribution is 0.212. The van der Waals surface area contributed by atoms with Crippen molar-refractivity contribution in [1.82, 2.24) is 5.32 Å². The Bertz CT molecular complexity index is 300. The SMILES string of the molecule is CC(C)C(C)C(C)(C)NCc1ccccc1. The predicted molar refractivity (Wildman–Crippen MR) is 71.4 cm³/mol. The molecule has 0 spiro atoms. The van der Waals surface area contributed by atoms with E-state index >= 15 is 0 Å². The third kappa shape index (κ3) is 3.64. The van der Waals surface area contributed by atoms with Gasteiger partial charge in [0.15, 0.2) is 0 Å². The lowest BCUT2D eigenvalue weighted by Gasteiger charge is -2.36. The van der Waals surface area contributed by atoms with Gasteiger partial charge in [-0.3, -0.25) is 0 Å². The molecule has 90 valence electrons. The molecule has 0 fully saturated rings. The van der Waals surface area contributed by atoms with Crippen LogP contribution >= 0.6 is 0 Å². The zero-order chi connectivity index (χ0) is 12.2. The van der Waals surface area contributed by atoms with E-state index in [1.54, 1.807) is 0 Å². The molecule has 1 rings (SSSR count). The zero-order valence-electron chi connectivity index (χ0n) is 11.2. The normalized spacial score (nSPS) is 14.1. The molecule has 0 aromatic heterocycles. The first-order valence-corrected chi connectivity index (χ1v) is 6.22. The van der Waals surface area contributed by atoms with Gasteiger partial charge in [0.05, 0.1) is 0 Å². The highest BCUT2D eigenvalue weighted by molar-refractivity contribution is 5.14. The van der Waals surface area contributed by atoms with Gasteiger partial charge in [-0.15, -0.1) is 0 Å². The highest BCUT2D eigenvalue weighted by Crippen LogP contribution is 2.24. The third-order valence-electron chi connectivity index (χ3n) is 3.73. The summed E-state index contributed by atoms with van der Waals surface area (Å²) >= 11 is 0. The number of hydrogen-bond donors (Lipinski definition) is 1.